The summed E-state index contributed by atoms with van der Waals surface area (Å²) in [6.45, 7) is 0.746. The Balaban J connectivity index is 1.97. The summed E-state index contributed by atoms with van der Waals surface area (Å²) in [6.07, 6.45) is 2.64. The zero-order valence-corrected chi connectivity index (χ0v) is 11.6. The number of likely N-dealkylation sites (N-methyl/N-ethyl adjacent to an activating group) is 1. The molecule has 0 spiro atoms. The fourth-order valence-electron chi connectivity index (χ4n) is 1.51. The molecular formula is C12H14ClN3OS. The first kappa shape index (κ1) is 13.3. The van der Waals surface area contributed by atoms with Crippen molar-refractivity contribution in [3.8, 4) is 0 Å². The third-order valence-electron chi connectivity index (χ3n) is 2.54. The first-order valence-electron chi connectivity index (χ1n) is 5.58. The minimum Gasteiger partial charge on any atom is -0.391 e. The molecule has 0 fully saturated rings. The van der Waals surface area contributed by atoms with Crippen LogP contribution in [0.15, 0.2) is 24.4 Å². The summed E-state index contributed by atoms with van der Waals surface area (Å²) in [6, 6.07) is 5.88. The summed E-state index contributed by atoms with van der Waals surface area (Å²) >= 11 is 7.32. The number of aliphatic hydroxyl groups is 1. The molecule has 0 amide bonds. The van der Waals surface area contributed by atoms with Gasteiger partial charge in [-0.3, -0.25) is 4.98 Å². The smallest absolute Gasteiger partial charge is 0.186 e. The highest BCUT2D eigenvalue weighted by Gasteiger charge is 2.11. The lowest BCUT2D eigenvalue weighted by atomic mass is 10.2. The van der Waals surface area contributed by atoms with E-state index in [1.54, 1.807) is 6.20 Å². The highest BCUT2D eigenvalue weighted by atomic mass is 35.5. The monoisotopic (exact) mass is 283 g/mol. The van der Waals surface area contributed by atoms with Gasteiger partial charge in [-0.15, -0.1) is 0 Å². The molecule has 2 aromatic rings. The van der Waals surface area contributed by atoms with Crippen LogP contribution in [0.2, 0.25) is 5.15 Å². The normalized spacial score (nSPS) is 10.6. The van der Waals surface area contributed by atoms with Crippen LogP contribution in [0.1, 0.15) is 10.6 Å². The van der Waals surface area contributed by atoms with Crippen LogP contribution < -0.4 is 4.90 Å². The van der Waals surface area contributed by atoms with Crippen LogP contribution in [0.3, 0.4) is 0 Å². The van der Waals surface area contributed by atoms with Crippen LogP contribution in [-0.4, -0.2) is 28.7 Å². The van der Waals surface area contributed by atoms with Crippen LogP contribution in [0.4, 0.5) is 5.13 Å². The second-order valence-corrected chi connectivity index (χ2v) is 5.28. The molecule has 0 atom stereocenters. The average molecular weight is 284 g/mol. The number of thiazole rings is 1. The van der Waals surface area contributed by atoms with E-state index in [0.717, 1.165) is 23.8 Å². The fourth-order valence-corrected chi connectivity index (χ4v) is 2.61. The second kappa shape index (κ2) is 6.13. The molecule has 96 valence electrons. The van der Waals surface area contributed by atoms with Gasteiger partial charge in [-0.25, -0.2) is 4.98 Å². The van der Waals surface area contributed by atoms with Crippen LogP contribution >= 0.6 is 22.9 Å². The van der Waals surface area contributed by atoms with E-state index in [4.69, 9.17) is 16.7 Å². The van der Waals surface area contributed by atoms with E-state index in [1.165, 1.54) is 11.3 Å². The lowest BCUT2D eigenvalue weighted by molar-refractivity contribution is 0.285. The molecule has 0 bridgehead atoms. The fraction of sp³-hybridized carbons (Fsp3) is 0.333. The third kappa shape index (κ3) is 3.19. The molecule has 0 aliphatic heterocycles. The van der Waals surface area contributed by atoms with E-state index in [1.807, 2.05) is 30.1 Å². The van der Waals surface area contributed by atoms with Crippen molar-refractivity contribution in [3.63, 3.8) is 0 Å². The highest BCUT2D eigenvalue weighted by Crippen LogP contribution is 2.28. The van der Waals surface area contributed by atoms with Gasteiger partial charge < -0.3 is 10.0 Å². The van der Waals surface area contributed by atoms with Crippen LogP contribution in [0.5, 0.6) is 0 Å². The van der Waals surface area contributed by atoms with Gasteiger partial charge in [0.25, 0.3) is 0 Å². The van der Waals surface area contributed by atoms with Gasteiger partial charge in [-0.2, -0.15) is 0 Å². The summed E-state index contributed by atoms with van der Waals surface area (Å²) in [5.74, 6) is 0. The predicted octanol–water partition coefficient (Wildman–Crippen LogP) is 2.36. The molecule has 0 radical (unpaired) electrons. The van der Waals surface area contributed by atoms with Gasteiger partial charge in [0.1, 0.15) is 5.15 Å². The molecule has 6 heteroatoms. The zero-order valence-electron chi connectivity index (χ0n) is 10.0. The van der Waals surface area contributed by atoms with Gasteiger partial charge in [0, 0.05) is 31.9 Å². The van der Waals surface area contributed by atoms with Crippen molar-refractivity contribution in [3.05, 3.63) is 40.1 Å². The number of hydrogen-bond donors (Lipinski definition) is 1. The topological polar surface area (TPSA) is 49.2 Å². The van der Waals surface area contributed by atoms with Crippen molar-refractivity contribution >= 4 is 28.1 Å². The van der Waals surface area contributed by atoms with E-state index < -0.39 is 0 Å². The van der Waals surface area contributed by atoms with Gasteiger partial charge in [-0.1, -0.05) is 29.0 Å². The maximum atomic E-state index is 9.08. The van der Waals surface area contributed by atoms with Crippen molar-refractivity contribution in [1.82, 2.24) is 9.97 Å². The number of halogens is 1. The third-order valence-corrected chi connectivity index (χ3v) is 4.12. The molecule has 0 saturated heterocycles. The largest absolute Gasteiger partial charge is 0.391 e. The van der Waals surface area contributed by atoms with Crippen molar-refractivity contribution in [2.75, 3.05) is 18.5 Å². The van der Waals surface area contributed by atoms with Crippen molar-refractivity contribution in [1.29, 1.82) is 0 Å². The van der Waals surface area contributed by atoms with Crippen molar-refractivity contribution in [2.24, 2.45) is 0 Å². The van der Waals surface area contributed by atoms with Crippen molar-refractivity contribution < 1.29 is 5.11 Å². The van der Waals surface area contributed by atoms with Gasteiger partial charge in [0.2, 0.25) is 0 Å². The molecule has 4 nitrogen and oxygen atoms in total. The van der Waals surface area contributed by atoms with Gasteiger partial charge in [-0.05, 0) is 12.1 Å². The molecular weight excluding hydrogens is 270 g/mol. The molecule has 18 heavy (non-hydrogen) atoms. The quantitative estimate of drug-likeness (QED) is 0.915. The highest BCUT2D eigenvalue weighted by molar-refractivity contribution is 7.16. The second-order valence-electron chi connectivity index (χ2n) is 3.86. The van der Waals surface area contributed by atoms with Gasteiger partial charge >= 0.3 is 0 Å². The number of aliphatic hydroxyl groups excluding tert-OH is 1. The maximum Gasteiger partial charge on any atom is 0.186 e. The number of nitrogens with zero attached hydrogens (tertiary/aromatic N) is 3. The van der Waals surface area contributed by atoms with Gasteiger partial charge in [0.15, 0.2) is 5.13 Å². The van der Waals surface area contributed by atoms with Gasteiger partial charge in [0.05, 0.1) is 11.5 Å². The van der Waals surface area contributed by atoms with Crippen LogP contribution in [0, 0.1) is 0 Å². The maximum absolute atomic E-state index is 9.08. The van der Waals surface area contributed by atoms with E-state index in [2.05, 4.69) is 9.97 Å². The number of pyridine rings is 1. The molecule has 1 N–H and O–H groups in total. The first-order valence-corrected chi connectivity index (χ1v) is 6.77. The van der Waals surface area contributed by atoms with Crippen LogP contribution in [0.25, 0.3) is 0 Å². The van der Waals surface area contributed by atoms with E-state index >= 15 is 0 Å². The summed E-state index contributed by atoms with van der Waals surface area (Å²) in [4.78, 5) is 11.2. The minimum atomic E-state index is -0.0649. The Bertz CT molecular complexity index is 503. The van der Waals surface area contributed by atoms with E-state index in [9.17, 15) is 0 Å². The van der Waals surface area contributed by atoms with Crippen molar-refractivity contribution in [2.45, 2.75) is 13.0 Å². The Kier molecular flexibility index (Phi) is 4.52. The summed E-state index contributed by atoms with van der Waals surface area (Å²) < 4.78 is 0. The SMILES string of the molecule is CN(CCc1ccccn1)c1nc(Cl)c(CO)s1. The molecule has 2 heterocycles. The number of aromatic nitrogens is 2. The van der Waals surface area contributed by atoms with E-state index in [-0.39, 0.29) is 6.61 Å². The number of anilines is 1. The Labute approximate surface area is 115 Å². The Morgan fingerprint density at radius 1 is 1.44 bits per heavy atom. The Hall–Kier alpha value is -1.17. The number of hydrogen-bond acceptors (Lipinski definition) is 5. The average Bonchev–Trinajstić information content (AvgIpc) is 2.78. The molecule has 0 aromatic carbocycles. The summed E-state index contributed by atoms with van der Waals surface area (Å²) in [5, 5.41) is 10.3. The Morgan fingerprint density at radius 2 is 2.28 bits per heavy atom. The van der Waals surface area contributed by atoms with E-state index in [0.29, 0.717) is 10.0 Å². The molecule has 2 rings (SSSR count). The lowest BCUT2D eigenvalue weighted by Gasteiger charge is -2.14. The molecule has 0 aliphatic carbocycles. The van der Waals surface area contributed by atoms with Crippen LogP contribution in [-0.2, 0) is 13.0 Å². The number of rotatable bonds is 5. The summed E-state index contributed by atoms with van der Waals surface area (Å²) in [5.41, 5.74) is 1.05. The standard InChI is InChI=1S/C12H14ClN3OS/c1-16(7-5-9-4-2-3-6-14-9)12-15-11(13)10(8-17)18-12/h2-4,6,17H,5,7-8H2,1H3. The molecule has 0 unspecified atom stereocenters. The first-order chi connectivity index (χ1) is 8.70. The minimum absolute atomic E-state index is 0.0649. The lowest BCUT2D eigenvalue weighted by Crippen LogP contribution is -2.20. The zero-order chi connectivity index (χ0) is 13.0. The molecule has 0 saturated carbocycles. The summed E-state index contributed by atoms with van der Waals surface area (Å²) in [7, 11) is 1.96. The Morgan fingerprint density at radius 3 is 2.89 bits per heavy atom. The predicted molar refractivity (Wildman–Crippen MR) is 74.3 cm³/mol. The molecule has 0 aliphatic rings. The molecule has 2 aromatic heterocycles.